The molecule has 20 heavy (non-hydrogen) atoms. The van der Waals surface area contributed by atoms with E-state index in [1.54, 1.807) is 19.3 Å². The maximum atomic E-state index is 12.6. The van der Waals surface area contributed by atoms with Crippen LogP contribution in [0.15, 0.2) is 21.6 Å². The van der Waals surface area contributed by atoms with Crippen molar-refractivity contribution in [2.24, 2.45) is 10.8 Å². The number of sulfonamides is 1. The highest BCUT2D eigenvalue weighted by Gasteiger charge is 2.66. The van der Waals surface area contributed by atoms with E-state index in [0.717, 1.165) is 0 Å². The minimum atomic E-state index is -3.61. The maximum Gasteiger partial charge on any atom is 0.244 e. The van der Waals surface area contributed by atoms with Crippen molar-refractivity contribution in [1.29, 1.82) is 0 Å². The van der Waals surface area contributed by atoms with Crippen LogP contribution in [0.4, 0.5) is 5.82 Å². The lowest BCUT2D eigenvalue weighted by atomic mass is 10.0. The maximum absolute atomic E-state index is 12.6. The van der Waals surface area contributed by atoms with E-state index in [1.807, 2.05) is 0 Å². The zero-order valence-electron chi connectivity index (χ0n) is 12.3. The summed E-state index contributed by atoms with van der Waals surface area (Å²) in [6.45, 7) is 8.27. The van der Waals surface area contributed by atoms with Gasteiger partial charge < -0.3 is 5.32 Å². The number of halogens is 1. The molecule has 0 atom stereocenters. The van der Waals surface area contributed by atoms with Crippen LogP contribution in [0.25, 0.3) is 0 Å². The molecular weight excluding hydrogens is 342 g/mol. The summed E-state index contributed by atoms with van der Waals surface area (Å²) < 4.78 is 28.6. The van der Waals surface area contributed by atoms with Crippen molar-refractivity contribution in [2.75, 3.05) is 12.4 Å². The first kappa shape index (κ1) is 15.7. The van der Waals surface area contributed by atoms with Gasteiger partial charge in [-0.15, -0.1) is 0 Å². The second kappa shape index (κ2) is 4.68. The normalized spacial score (nSPS) is 20.7. The molecule has 0 aliphatic heterocycles. The molecule has 0 spiro atoms. The molecule has 1 fully saturated rings. The number of anilines is 1. The predicted octanol–water partition coefficient (Wildman–Crippen LogP) is 2.60. The highest BCUT2D eigenvalue weighted by molar-refractivity contribution is 9.10. The summed E-state index contributed by atoms with van der Waals surface area (Å²) in [7, 11) is -1.96. The van der Waals surface area contributed by atoms with E-state index in [9.17, 15) is 8.42 Å². The molecule has 0 saturated heterocycles. The van der Waals surface area contributed by atoms with Crippen LogP contribution in [0, 0.1) is 10.8 Å². The first-order chi connectivity index (χ1) is 9.04. The van der Waals surface area contributed by atoms with Gasteiger partial charge in [-0.3, -0.25) is 0 Å². The Kier molecular flexibility index (Phi) is 3.68. The fourth-order valence-electron chi connectivity index (χ4n) is 2.52. The fraction of sp³-hybridized carbons (Fsp3) is 0.615. The molecule has 0 amide bonds. The Morgan fingerprint density at radius 1 is 1.25 bits per heavy atom. The van der Waals surface area contributed by atoms with Crippen LogP contribution < -0.4 is 10.0 Å². The average molecular weight is 362 g/mol. The van der Waals surface area contributed by atoms with E-state index in [4.69, 9.17) is 0 Å². The number of hydrogen-bond donors (Lipinski definition) is 2. The molecule has 1 heterocycles. The van der Waals surface area contributed by atoms with Crippen molar-refractivity contribution in [2.45, 2.75) is 38.6 Å². The minimum Gasteiger partial charge on any atom is -0.372 e. The Hall–Kier alpha value is -0.660. The number of rotatable bonds is 4. The van der Waals surface area contributed by atoms with Crippen molar-refractivity contribution in [3.05, 3.63) is 16.7 Å². The third kappa shape index (κ3) is 2.35. The van der Waals surface area contributed by atoms with Crippen LogP contribution in [-0.4, -0.2) is 26.5 Å². The van der Waals surface area contributed by atoms with Gasteiger partial charge in [-0.2, -0.15) is 0 Å². The van der Waals surface area contributed by atoms with Crippen LogP contribution in [-0.2, 0) is 10.0 Å². The molecule has 0 aromatic carbocycles. The van der Waals surface area contributed by atoms with Crippen LogP contribution in [0.1, 0.15) is 27.7 Å². The molecular formula is C13H20BrN3O2S. The van der Waals surface area contributed by atoms with Crippen LogP contribution in [0.5, 0.6) is 0 Å². The van der Waals surface area contributed by atoms with E-state index in [0.29, 0.717) is 10.3 Å². The summed E-state index contributed by atoms with van der Waals surface area (Å²) >= 11 is 3.26. The number of pyridine rings is 1. The summed E-state index contributed by atoms with van der Waals surface area (Å²) in [6.07, 6.45) is 1.57. The molecule has 1 saturated carbocycles. The number of nitrogens with zero attached hydrogens (tertiary/aromatic N) is 1. The minimum absolute atomic E-state index is 0.0562. The standard InChI is InChI=1S/C13H20BrN3O2S/c1-12(2)11(13(12,3)4)17-20(18,19)9-6-8(14)7-16-10(9)15-5/h6-7,11,17H,1-5H3,(H,15,16). The summed E-state index contributed by atoms with van der Waals surface area (Å²) in [5, 5.41) is 2.81. The molecule has 0 bridgehead atoms. The van der Waals surface area contributed by atoms with E-state index >= 15 is 0 Å². The van der Waals surface area contributed by atoms with Gasteiger partial charge in [0.05, 0.1) is 0 Å². The lowest BCUT2D eigenvalue weighted by molar-refractivity contribution is 0.457. The van der Waals surface area contributed by atoms with Crippen LogP contribution >= 0.6 is 15.9 Å². The fourth-order valence-corrected chi connectivity index (χ4v) is 4.72. The molecule has 2 N–H and O–H groups in total. The largest absolute Gasteiger partial charge is 0.372 e. The van der Waals surface area contributed by atoms with Crippen molar-refractivity contribution in [3.63, 3.8) is 0 Å². The summed E-state index contributed by atoms with van der Waals surface area (Å²) in [6, 6.07) is 1.48. The Morgan fingerprint density at radius 2 is 1.80 bits per heavy atom. The van der Waals surface area contributed by atoms with Gasteiger partial charge in [-0.25, -0.2) is 18.1 Å². The number of nitrogens with one attached hydrogen (secondary N) is 2. The van der Waals surface area contributed by atoms with Crippen molar-refractivity contribution in [1.82, 2.24) is 9.71 Å². The summed E-state index contributed by atoms with van der Waals surface area (Å²) in [4.78, 5) is 4.25. The molecule has 1 aromatic rings. The highest BCUT2D eigenvalue weighted by Crippen LogP contribution is 2.63. The second-order valence-corrected chi connectivity index (χ2v) is 8.85. The number of aromatic nitrogens is 1. The van der Waals surface area contributed by atoms with Crippen molar-refractivity contribution >= 4 is 31.8 Å². The Bertz CT molecular complexity index is 627. The topological polar surface area (TPSA) is 71.1 Å². The molecule has 7 heteroatoms. The lowest BCUT2D eigenvalue weighted by Gasteiger charge is -2.12. The molecule has 2 rings (SSSR count). The second-order valence-electron chi connectivity index (χ2n) is 6.25. The third-order valence-electron chi connectivity index (χ3n) is 4.64. The monoisotopic (exact) mass is 361 g/mol. The molecule has 0 radical (unpaired) electrons. The van der Waals surface area contributed by atoms with E-state index in [1.165, 1.54) is 0 Å². The average Bonchev–Trinajstić information content (AvgIpc) is 2.71. The van der Waals surface area contributed by atoms with Gasteiger partial charge in [0.25, 0.3) is 0 Å². The van der Waals surface area contributed by atoms with Gasteiger partial charge in [0.1, 0.15) is 10.7 Å². The molecule has 1 aliphatic carbocycles. The van der Waals surface area contributed by atoms with Gasteiger partial charge in [0.15, 0.2) is 0 Å². The zero-order valence-corrected chi connectivity index (χ0v) is 14.7. The van der Waals surface area contributed by atoms with E-state index in [-0.39, 0.29) is 21.8 Å². The third-order valence-corrected chi connectivity index (χ3v) is 6.51. The van der Waals surface area contributed by atoms with Gasteiger partial charge in [-0.1, -0.05) is 27.7 Å². The Balaban J connectivity index is 2.36. The molecule has 5 nitrogen and oxygen atoms in total. The molecule has 112 valence electrons. The highest BCUT2D eigenvalue weighted by atomic mass is 79.9. The van der Waals surface area contributed by atoms with Gasteiger partial charge >= 0.3 is 0 Å². The summed E-state index contributed by atoms with van der Waals surface area (Å²) in [5.41, 5.74) is -0.112. The predicted molar refractivity (Wildman–Crippen MR) is 83.2 cm³/mol. The number of hydrogen-bond acceptors (Lipinski definition) is 4. The first-order valence-corrected chi connectivity index (χ1v) is 8.67. The Morgan fingerprint density at radius 3 is 2.25 bits per heavy atom. The molecule has 1 aliphatic rings. The quantitative estimate of drug-likeness (QED) is 0.864. The van der Waals surface area contributed by atoms with E-state index in [2.05, 4.69) is 58.6 Å². The van der Waals surface area contributed by atoms with Gasteiger partial charge in [-0.05, 0) is 32.8 Å². The van der Waals surface area contributed by atoms with Crippen molar-refractivity contribution in [3.8, 4) is 0 Å². The van der Waals surface area contributed by atoms with Gasteiger partial charge in [0, 0.05) is 23.8 Å². The lowest BCUT2D eigenvalue weighted by Crippen LogP contribution is -2.30. The van der Waals surface area contributed by atoms with Crippen LogP contribution in [0.3, 0.4) is 0 Å². The first-order valence-electron chi connectivity index (χ1n) is 6.39. The smallest absolute Gasteiger partial charge is 0.244 e. The van der Waals surface area contributed by atoms with Crippen molar-refractivity contribution < 1.29 is 8.42 Å². The Labute approximate surface area is 128 Å². The summed E-state index contributed by atoms with van der Waals surface area (Å²) in [5.74, 6) is 0.344. The zero-order chi connectivity index (χ0) is 15.3. The van der Waals surface area contributed by atoms with Crippen LogP contribution in [0.2, 0.25) is 0 Å². The molecule has 0 unspecified atom stereocenters. The SMILES string of the molecule is CNc1ncc(Br)cc1S(=O)(=O)NC1C(C)(C)C1(C)C. The molecule has 1 aromatic heterocycles. The van der Waals surface area contributed by atoms with Gasteiger partial charge in [0.2, 0.25) is 10.0 Å². The van der Waals surface area contributed by atoms with E-state index < -0.39 is 10.0 Å².